The van der Waals surface area contributed by atoms with Gasteiger partial charge in [0.05, 0.1) is 19.1 Å². The highest BCUT2D eigenvalue weighted by atomic mass is 16.5. The number of hydrogen-bond acceptors (Lipinski definition) is 3. The Morgan fingerprint density at radius 2 is 1.78 bits per heavy atom. The van der Waals surface area contributed by atoms with E-state index in [0.717, 1.165) is 6.42 Å². The number of ether oxygens (including phenoxy) is 1. The summed E-state index contributed by atoms with van der Waals surface area (Å²) in [5, 5.41) is 8.79. The van der Waals surface area contributed by atoms with Gasteiger partial charge in [0, 0.05) is 7.05 Å². The molecule has 0 bridgehead atoms. The van der Waals surface area contributed by atoms with Crippen LogP contribution in [0, 0.1) is 5.92 Å². The molecule has 2 unspecified atom stereocenters. The summed E-state index contributed by atoms with van der Waals surface area (Å²) < 4.78 is 5.52. The third-order valence-corrected chi connectivity index (χ3v) is 2.85. The van der Waals surface area contributed by atoms with Crippen molar-refractivity contribution >= 4 is 11.9 Å². The van der Waals surface area contributed by atoms with Gasteiger partial charge in [0.25, 0.3) is 0 Å². The van der Waals surface area contributed by atoms with Gasteiger partial charge < -0.3 is 14.7 Å². The summed E-state index contributed by atoms with van der Waals surface area (Å²) >= 11 is 0. The first-order chi connectivity index (χ1) is 8.25. The molecule has 106 valence electrons. The minimum absolute atomic E-state index is 0.125. The number of nitrogens with zero attached hydrogens (tertiary/aromatic N) is 1. The standard InChI is InChI=1S/C13H25NO4/c1-9(2)8-10(3)18-7-6-12(15)14(5)11(4)13(16)17/h9-11H,6-8H2,1-5H3,(H,16,17). The van der Waals surface area contributed by atoms with Crippen molar-refractivity contribution in [3.05, 3.63) is 0 Å². The van der Waals surface area contributed by atoms with Gasteiger partial charge in [-0.25, -0.2) is 4.79 Å². The molecule has 0 heterocycles. The molecule has 0 aliphatic rings. The first-order valence-corrected chi connectivity index (χ1v) is 6.35. The maximum Gasteiger partial charge on any atom is 0.326 e. The van der Waals surface area contributed by atoms with Gasteiger partial charge in [0.15, 0.2) is 0 Å². The number of likely N-dealkylation sites (N-methyl/N-ethyl adjacent to an activating group) is 1. The van der Waals surface area contributed by atoms with Crippen molar-refractivity contribution in [1.29, 1.82) is 0 Å². The van der Waals surface area contributed by atoms with E-state index in [1.54, 1.807) is 0 Å². The van der Waals surface area contributed by atoms with Crippen LogP contribution in [0.1, 0.15) is 40.5 Å². The second-order valence-corrected chi connectivity index (χ2v) is 5.08. The number of carbonyl (C=O) groups is 2. The van der Waals surface area contributed by atoms with Crippen LogP contribution in [0.3, 0.4) is 0 Å². The van der Waals surface area contributed by atoms with E-state index >= 15 is 0 Å². The normalized spacial score (nSPS) is 14.3. The van der Waals surface area contributed by atoms with Gasteiger partial charge in [0.2, 0.25) is 5.91 Å². The Morgan fingerprint density at radius 3 is 2.22 bits per heavy atom. The molecule has 0 saturated heterocycles. The third-order valence-electron chi connectivity index (χ3n) is 2.85. The lowest BCUT2D eigenvalue weighted by molar-refractivity contribution is -0.148. The highest BCUT2D eigenvalue weighted by Gasteiger charge is 2.21. The molecule has 0 aromatic carbocycles. The second-order valence-electron chi connectivity index (χ2n) is 5.08. The molecule has 0 aromatic heterocycles. The minimum Gasteiger partial charge on any atom is -0.480 e. The van der Waals surface area contributed by atoms with Gasteiger partial charge in [-0.05, 0) is 26.2 Å². The Morgan fingerprint density at radius 1 is 1.22 bits per heavy atom. The van der Waals surface area contributed by atoms with Crippen LogP contribution < -0.4 is 0 Å². The first kappa shape index (κ1) is 16.9. The fourth-order valence-corrected chi connectivity index (χ4v) is 1.64. The Bertz CT molecular complexity index is 278. The van der Waals surface area contributed by atoms with Crippen molar-refractivity contribution in [2.24, 2.45) is 5.92 Å². The lowest BCUT2D eigenvalue weighted by Gasteiger charge is -2.22. The molecular weight excluding hydrogens is 234 g/mol. The van der Waals surface area contributed by atoms with Crippen LogP contribution in [0.5, 0.6) is 0 Å². The van der Waals surface area contributed by atoms with Gasteiger partial charge >= 0.3 is 5.97 Å². The average Bonchev–Trinajstić information content (AvgIpc) is 2.25. The molecule has 5 nitrogen and oxygen atoms in total. The number of aliphatic carboxylic acids is 1. The molecule has 0 aliphatic heterocycles. The number of hydrogen-bond donors (Lipinski definition) is 1. The minimum atomic E-state index is -1.00. The Hall–Kier alpha value is -1.10. The molecule has 0 radical (unpaired) electrons. The predicted molar refractivity (Wildman–Crippen MR) is 69.4 cm³/mol. The molecule has 0 aromatic rings. The quantitative estimate of drug-likeness (QED) is 0.721. The smallest absolute Gasteiger partial charge is 0.326 e. The maximum atomic E-state index is 11.7. The number of carbonyl (C=O) groups excluding carboxylic acids is 1. The van der Waals surface area contributed by atoms with Crippen molar-refractivity contribution in [2.45, 2.75) is 52.7 Å². The fraction of sp³-hybridized carbons (Fsp3) is 0.846. The van der Waals surface area contributed by atoms with Crippen LogP contribution in [-0.4, -0.2) is 47.7 Å². The van der Waals surface area contributed by atoms with Crippen LogP contribution in [0.15, 0.2) is 0 Å². The molecular formula is C13H25NO4. The monoisotopic (exact) mass is 259 g/mol. The lowest BCUT2D eigenvalue weighted by atomic mass is 10.1. The Kier molecular flexibility index (Phi) is 7.59. The maximum absolute atomic E-state index is 11.7. The van der Waals surface area contributed by atoms with E-state index in [1.807, 2.05) is 6.92 Å². The van der Waals surface area contributed by atoms with Crippen LogP contribution in [0.4, 0.5) is 0 Å². The summed E-state index contributed by atoms with van der Waals surface area (Å²) in [6.45, 7) is 8.04. The molecule has 18 heavy (non-hydrogen) atoms. The molecule has 5 heteroatoms. The van der Waals surface area contributed by atoms with Gasteiger partial charge in [-0.15, -0.1) is 0 Å². The van der Waals surface area contributed by atoms with E-state index in [0.29, 0.717) is 12.5 Å². The SMILES string of the molecule is CC(C)CC(C)OCCC(=O)N(C)C(C)C(=O)O. The van der Waals surface area contributed by atoms with E-state index < -0.39 is 12.0 Å². The predicted octanol–water partition coefficient (Wildman–Crippen LogP) is 1.76. The topological polar surface area (TPSA) is 66.8 Å². The molecule has 2 atom stereocenters. The number of amides is 1. The van der Waals surface area contributed by atoms with Gasteiger partial charge in [0.1, 0.15) is 6.04 Å². The van der Waals surface area contributed by atoms with Crippen molar-refractivity contribution in [3.63, 3.8) is 0 Å². The molecule has 1 amide bonds. The molecule has 0 aliphatic carbocycles. The van der Waals surface area contributed by atoms with Gasteiger partial charge in [-0.2, -0.15) is 0 Å². The number of carboxylic acids is 1. The van der Waals surface area contributed by atoms with Crippen LogP contribution in [0.25, 0.3) is 0 Å². The second kappa shape index (κ2) is 8.08. The zero-order chi connectivity index (χ0) is 14.3. The molecule has 0 fully saturated rings. The molecule has 1 N–H and O–H groups in total. The van der Waals surface area contributed by atoms with Crippen LogP contribution >= 0.6 is 0 Å². The van der Waals surface area contributed by atoms with E-state index in [2.05, 4.69) is 13.8 Å². The summed E-state index contributed by atoms with van der Waals surface area (Å²) in [4.78, 5) is 23.6. The van der Waals surface area contributed by atoms with Gasteiger partial charge in [-0.3, -0.25) is 4.79 Å². The highest BCUT2D eigenvalue weighted by molar-refractivity contribution is 5.83. The molecule has 0 saturated carbocycles. The largest absolute Gasteiger partial charge is 0.480 e. The van der Waals surface area contributed by atoms with Crippen LogP contribution in [-0.2, 0) is 14.3 Å². The summed E-state index contributed by atoms with van der Waals surface area (Å²) in [6, 6.07) is -0.800. The lowest BCUT2D eigenvalue weighted by Crippen LogP contribution is -2.40. The zero-order valence-corrected chi connectivity index (χ0v) is 12.0. The molecule has 0 spiro atoms. The Labute approximate surface area is 109 Å². The summed E-state index contributed by atoms with van der Waals surface area (Å²) in [5.41, 5.74) is 0. The number of carboxylic acid groups (broad SMARTS) is 1. The fourth-order valence-electron chi connectivity index (χ4n) is 1.64. The van der Waals surface area contributed by atoms with E-state index in [9.17, 15) is 9.59 Å². The number of rotatable bonds is 8. The third kappa shape index (κ3) is 6.59. The summed E-state index contributed by atoms with van der Waals surface area (Å²) in [6.07, 6.45) is 1.30. The van der Waals surface area contributed by atoms with E-state index in [4.69, 9.17) is 9.84 Å². The van der Waals surface area contributed by atoms with Crippen molar-refractivity contribution in [1.82, 2.24) is 4.90 Å². The molecule has 0 rings (SSSR count). The average molecular weight is 259 g/mol. The Balaban J connectivity index is 3.93. The van der Waals surface area contributed by atoms with Crippen molar-refractivity contribution in [3.8, 4) is 0 Å². The van der Waals surface area contributed by atoms with Crippen molar-refractivity contribution < 1.29 is 19.4 Å². The van der Waals surface area contributed by atoms with E-state index in [1.165, 1.54) is 18.9 Å². The van der Waals surface area contributed by atoms with Crippen molar-refractivity contribution in [2.75, 3.05) is 13.7 Å². The van der Waals surface area contributed by atoms with Gasteiger partial charge in [-0.1, -0.05) is 13.8 Å². The highest BCUT2D eigenvalue weighted by Crippen LogP contribution is 2.08. The summed E-state index contributed by atoms with van der Waals surface area (Å²) in [7, 11) is 1.50. The summed E-state index contributed by atoms with van der Waals surface area (Å²) in [5.74, 6) is -0.646. The van der Waals surface area contributed by atoms with Crippen LogP contribution in [0.2, 0.25) is 0 Å². The van der Waals surface area contributed by atoms with E-state index in [-0.39, 0.29) is 18.4 Å². The zero-order valence-electron chi connectivity index (χ0n) is 12.0. The first-order valence-electron chi connectivity index (χ1n) is 6.35.